The van der Waals surface area contributed by atoms with Crippen molar-refractivity contribution in [2.45, 2.75) is 19.6 Å². The summed E-state index contributed by atoms with van der Waals surface area (Å²) in [5, 5.41) is 0. The number of aliphatic imine (C=N–C) groups is 1. The smallest absolute Gasteiger partial charge is 0.415 e. The van der Waals surface area contributed by atoms with E-state index in [0.717, 1.165) is 0 Å². The van der Waals surface area contributed by atoms with Crippen LogP contribution in [0.25, 0.3) is 0 Å². The minimum Gasteiger partial charge on any atom is -0.415 e. The molecule has 6 heteroatoms. The molecule has 0 heterocycles. The Balaban J connectivity index is 2.40. The van der Waals surface area contributed by atoms with Crippen LogP contribution >= 0.6 is 7.60 Å². The summed E-state index contributed by atoms with van der Waals surface area (Å²) in [5.74, 6) is -0.396. The fourth-order valence-electron chi connectivity index (χ4n) is 2.02. The Kier molecular flexibility index (Phi) is 5.75. The number of rotatable bonds is 7. The van der Waals surface area contributed by atoms with Crippen LogP contribution in [0.15, 0.2) is 65.7 Å². The lowest BCUT2D eigenvalue weighted by atomic mass is 10.2. The maximum atomic E-state index is 13.4. The maximum absolute atomic E-state index is 13.4. The van der Waals surface area contributed by atoms with Gasteiger partial charge in [-0.05, 0) is 30.2 Å². The molecule has 2 aromatic carbocycles. The van der Waals surface area contributed by atoms with Gasteiger partial charge in [-0.1, -0.05) is 50.2 Å². The average molecular weight is 331 g/mol. The normalized spacial score (nSPS) is 12.3. The molecule has 0 aromatic heterocycles. The molecule has 23 heavy (non-hydrogen) atoms. The Morgan fingerprint density at radius 3 is 1.70 bits per heavy atom. The topological polar surface area (TPSA) is 65.0 Å². The van der Waals surface area contributed by atoms with Crippen molar-refractivity contribution in [1.29, 1.82) is 0 Å². The maximum Gasteiger partial charge on any atom is 0.456 e. The van der Waals surface area contributed by atoms with Crippen molar-refractivity contribution in [3.05, 3.63) is 60.7 Å². The summed E-state index contributed by atoms with van der Waals surface area (Å²) in [6, 6.07) is 17.4. The number of carbonyl (C=O) groups excluding carboxylic acids is 1. The molecule has 0 radical (unpaired) electrons. The van der Waals surface area contributed by atoms with Crippen molar-refractivity contribution < 1.29 is 18.4 Å². The van der Waals surface area contributed by atoms with E-state index in [-0.39, 0.29) is 5.92 Å². The molecule has 0 aliphatic carbocycles. The van der Waals surface area contributed by atoms with E-state index in [1.165, 1.54) is 6.08 Å². The number of nitrogens with zero attached hydrogens (tertiary/aromatic N) is 1. The minimum atomic E-state index is -3.78. The van der Waals surface area contributed by atoms with Gasteiger partial charge in [-0.2, -0.15) is 4.99 Å². The zero-order valence-corrected chi connectivity index (χ0v) is 13.9. The van der Waals surface area contributed by atoms with Crippen LogP contribution in [0.2, 0.25) is 0 Å². The van der Waals surface area contributed by atoms with Gasteiger partial charge in [0.1, 0.15) is 11.5 Å². The molecular weight excluding hydrogens is 313 g/mol. The molecule has 5 nitrogen and oxygen atoms in total. The van der Waals surface area contributed by atoms with Gasteiger partial charge in [0, 0.05) is 0 Å². The van der Waals surface area contributed by atoms with Gasteiger partial charge in [-0.25, -0.2) is 9.36 Å². The van der Waals surface area contributed by atoms with Crippen molar-refractivity contribution in [2.75, 3.05) is 0 Å². The fraction of sp³-hybridized carbons (Fsp3) is 0.235. The van der Waals surface area contributed by atoms with Crippen LogP contribution in [0.1, 0.15) is 13.8 Å². The van der Waals surface area contributed by atoms with E-state index in [9.17, 15) is 9.36 Å². The van der Waals surface area contributed by atoms with Crippen LogP contribution in [0, 0.1) is 5.92 Å². The van der Waals surface area contributed by atoms with Crippen molar-refractivity contribution in [3.8, 4) is 11.5 Å². The first-order valence-corrected chi connectivity index (χ1v) is 8.82. The first kappa shape index (κ1) is 17.0. The van der Waals surface area contributed by atoms with Crippen LogP contribution in [0.5, 0.6) is 11.5 Å². The first-order chi connectivity index (χ1) is 11.0. The standard InChI is InChI=1S/C17H18NO4P/c1-14(2)17(18-13-19)23(20,21-15-9-5-3-6-10-15)22-16-11-7-4-8-12-16/h3-12,14,17H,1-2H3. The Morgan fingerprint density at radius 1 is 0.913 bits per heavy atom. The molecule has 0 fully saturated rings. The van der Waals surface area contributed by atoms with E-state index < -0.39 is 13.4 Å². The van der Waals surface area contributed by atoms with Crippen LogP contribution in [0.4, 0.5) is 0 Å². The van der Waals surface area contributed by atoms with Gasteiger partial charge in [0.25, 0.3) is 0 Å². The van der Waals surface area contributed by atoms with Crippen molar-refractivity contribution in [2.24, 2.45) is 10.9 Å². The molecule has 0 aliphatic heterocycles. The lowest BCUT2D eigenvalue weighted by Crippen LogP contribution is -2.20. The molecule has 120 valence electrons. The first-order valence-electron chi connectivity index (χ1n) is 7.21. The predicted molar refractivity (Wildman–Crippen MR) is 88.5 cm³/mol. The molecule has 0 bridgehead atoms. The number of para-hydroxylation sites is 2. The monoisotopic (exact) mass is 331 g/mol. The van der Waals surface area contributed by atoms with Gasteiger partial charge in [-0.15, -0.1) is 0 Å². The second kappa shape index (κ2) is 7.77. The third-order valence-corrected chi connectivity index (χ3v) is 5.35. The largest absolute Gasteiger partial charge is 0.456 e. The average Bonchev–Trinajstić information content (AvgIpc) is 2.54. The number of hydrogen-bond donors (Lipinski definition) is 0. The SMILES string of the molecule is CC(C)C(N=C=O)P(=O)(Oc1ccccc1)Oc1ccccc1. The lowest BCUT2D eigenvalue weighted by molar-refractivity contribution is 0.357. The quantitative estimate of drug-likeness (QED) is 0.421. The second-order valence-electron chi connectivity index (χ2n) is 5.23. The number of hydrogen-bond acceptors (Lipinski definition) is 5. The van der Waals surface area contributed by atoms with Crippen molar-refractivity contribution >= 4 is 13.7 Å². The van der Waals surface area contributed by atoms with E-state index >= 15 is 0 Å². The van der Waals surface area contributed by atoms with Gasteiger partial charge in [-0.3, -0.25) is 0 Å². The summed E-state index contributed by atoms with van der Waals surface area (Å²) in [6.07, 6.45) is 1.47. The van der Waals surface area contributed by atoms with Gasteiger partial charge < -0.3 is 9.05 Å². The molecule has 0 aliphatic rings. The Bertz CT molecular complexity index is 666. The highest BCUT2D eigenvalue weighted by molar-refractivity contribution is 7.55. The third-order valence-electron chi connectivity index (χ3n) is 3.06. The summed E-state index contributed by atoms with van der Waals surface area (Å²) in [7, 11) is -3.78. The molecule has 0 N–H and O–H groups in total. The second-order valence-corrected chi connectivity index (χ2v) is 7.20. The fourth-order valence-corrected chi connectivity index (χ4v) is 4.03. The number of benzene rings is 2. The minimum absolute atomic E-state index is 0.227. The van der Waals surface area contributed by atoms with Crippen LogP contribution in [-0.4, -0.2) is 11.9 Å². The molecular formula is C17H18NO4P. The lowest BCUT2D eigenvalue weighted by Gasteiger charge is -2.26. The Morgan fingerprint density at radius 2 is 1.35 bits per heavy atom. The van der Waals surface area contributed by atoms with E-state index in [4.69, 9.17) is 9.05 Å². The molecule has 0 saturated carbocycles. The summed E-state index contributed by atoms with van der Waals surface area (Å²) in [4.78, 5) is 14.4. The summed E-state index contributed by atoms with van der Waals surface area (Å²) in [5.41, 5.74) is 0. The van der Waals surface area contributed by atoms with E-state index in [0.29, 0.717) is 11.5 Å². The van der Waals surface area contributed by atoms with Gasteiger partial charge in [0.05, 0.1) is 0 Å². The Labute approximate surface area is 135 Å². The van der Waals surface area contributed by atoms with Gasteiger partial charge >= 0.3 is 7.60 Å². The highest BCUT2D eigenvalue weighted by Crippen LogP contribution is 2.55. The zero-order chi connectivity index (χ0) is 16.7. The number of isocyanates is 1. The summed E-state index contributed by atoms with van der Waals surface area (Å²) < 4.78 is 24.7. The van der Waals surface area contributed by atoms with E-state index in [1.54, 1.807) is 62.4 Å². The molecule has 2 rings (SSSR count). The van der Waals surface area contributed by atoms with E-state index in [1.807, 2.05) is 12.1 Å². The highest BCUT2D eigenvalue weighted by Gasteiger charge is 2.41. The van der Waals surface area contributed by atoms with Crippen LogP contribution < -0.4 is 9.05 Å². The molecule has 0 saturated heterocycles. The molecule has 1 unspecified atom stereocenters. The summed E-state index contributed by atoms with van der Waals surface area (Å²) in [6.45, 7) is 3.59. The van der Waals surface area contributed by atoms with Gasteiger partial charge in [0.15, 0.2) is 5.78 Å². The molecule has 0 amide bonds. The van der Waals surface area contributed by atoms with Crippen LogP contribution in [-0.2, 0) is 9.36 Å². The molecule has 0 spiro atoms. The van der Waals surface area contributed by atoms with Crippen molar-refractivity contribution in [1.82, 2.24) is 0 Å². The predicted octanol–water partition coefficient (Wildman–Crippen LogP) is 4.66. The van der Waals surface area contributed by atoms with Crippen molar-refractivity contribution in [3.63, 3.8) is 0 Å². The van der Waals surface area contributed by atoms with Crippen LogP contribution in [0.3, 0.4) is 0 Å². The van der Waals surface area contributed by atoms with Gasteiger partial charge in [0.2, 0.25) is 6.08 Å². The zero-order valence-electron chi connectivity index (χ0n) is 13.0. The third kappa shape index (κ3) is 4.56. The highest BCUT2D eigenvalue weighted by atomic mass is 31.2. The van der Waals surface area contributed by atoms with E-state index in [2.05, 4.69) is 4.99 Å². The Hall–Kier alpha value is -2.35. The molecule has 1 atom stereocenters. The molecule has 2 aromatic rings. The summed E-state index contributed by atoms with van der Waals surface area (Å²) >= 11 is 0.